The van der Waals surface area contributed by atoms with Crippen LogP contribution in [0.5, 0.6) is 0 Å². The molecule has 2 heteroatoms. The van der Waals surface area contributed by atoms with Crippen LogP contribution >= 0.6 is 0 Å². The van der Waals surface area contributed by atoms with E-state index in [1.807, 2.05) is 12.4 Å². The van der Waals surface area contributed by atoms with Gasteiger partial charge in [0.2, 0.25) is 0 Å². The van der Waals surface area contributed by atoms with Gasteiger partial charge in [-0.3, -0.25) is 4.98 Å². The average Bonchev–Trinajstić information content (AvgIpc) is 2.05. The van der Waals surface area contributed by atoms with Crippen LogP contribution in [0.25, 0.3) is 0 Å². The molecule has 0 aliphatic carbocycles. The molecule has 0 saturated heterocycles. The Morgan fingerprint density at radius 2 is 2.17 bits per heavy atom. The number of pyridine rings is 1. The lowest BCUT2D eigenvalue weighted by molar-refractivity contribution is 0.858. The van der Waals surface area contributed by atoms with Crippen LogP contribution in [0.2, 0.25) is 0 Å². The van der Waals surface area contributed by atoms with E-state index in [0.29, 0.717) is 5.92 Å². The molecule has 2 nitrogen and oxygen atoms in total. The second-order valence-electron chi connectivity index (χ2n) is 3.19. The van der Waals surface area contributed by atoms with E-state index >= 15 is 0 Å². The lowest BCUT2D eigenvalue weighted by Crippen LogP contribution is -1.98. The Bertz CT molecular complexity index is 243. The third-order valence-corrected chi connectivity index (χ3v) is 1.81. The fourth-order valence-electron chi connectivity index (χ4n) is 1.07. The van der Waals surface area contributed by atoms with Crippen molar-refractivity contribution in [3.8, 4) is 0 Å². The van der Waals surface area contributed by atoms with Crippen LogP contribution in [-0.2, 0) is 0 Å². The van der Waals surface area contributed by atoms with Gasteiger partial charge in [0.25, 0.3) is 0 Å². The summed E-state index contributed by atoms with van der Waals surface area (Å²) >= 11 is 0. The first-order chi connectivity index (χ1) is 5.74. The number of nitrogens with one attached hydrogen (secondary N) is 1. The van der Waals surface area contributed by atoms with Crippen molar-refractivity contribution in [1.82, 2.24) is 4.98 Å². The molecule has 0 bridgehead atoms. The summed E-state index contributed by atoms with van der Waals surface area (Å²) in [6.07, 6.45) is 3.78. The minimum absolute atomic E-state index is 0.552. The Balaban J connectivity index is 2.81. The highest BCUT2D eigenvalue weighted by Gasteiger charge is 1.99. The number of hydrogen-bond acceptors (Lipinski definition) is 2. The first-order valence-electron chi connectivity index (χ1n) is 4.43. The summed E-state index contributed by atoms with van der Waals surface area (Å²) in [4.78, 5) is 4.16. The summed E-state index contributed by atoms with van der Waals surface area (Å²) < 4.78 is 0. The molecular formula is C10H16N2. The third-order valence-electron chi connectivity index (χ3n) is 1.81. The molecule has 0 unspecified atom stereocenters. The normalized spacial score (nSPS) is 10.3. The molecule has 1 N–H and O–H groups in total. The SMILES string of the molecule is CCNc1cncc(C(C)C)c1. The Morgan fingerprint density at radius 1 is 1.42 bits per heavy atom. The zero-order chi connectivity index (χ0) is 8.97. The van der Waals surface area contributed by atoms with Gasteiger partial charge in [-0.2, -0.15) is 0 Å². The predicted molar refractivity (Wildman–Crippen MR) is 52.5 cm³/mol. The Kier molecular flexibility index (Phi) is 3.09. The van der Waals surface area contributed by atoms with Crippen LogP contribution in [0.3, 0.4) is 0 Å². The topological polar surface area (TPSA) is 24.9 Å². The van der Waals surface area contributed by atoms with Crippen molar-refractivity contribution in [2.75, 3.05) is 11.9 Å². The van der Waals surface area contributed by atoms with E-state index in [9.17, 15) is 0 Å². The van der Waals surface area contributed by atoms with Crippen molar-refractivity contribution in [3.05, 3.63) is 24.0 Å². The fraction of sp³-hybridized carbons (Fsp3) is 0.500. The Labute approximate surface area is 74.0 Å². The van der Waals surface area contributed by atoms with E-state index in [-0.39, 0.29) is 0 Å². The van der Waals surface area contributed by atoms with Crippen LogP contribution in [0.1, 0.15) is 32.3 Å². The van der Waals surface area contributed by atoms with Crippen LogP contribution in [0, 0.1) is 0 Å². The van der Waals surface area contributed by atoms with Gasteiger partial charge in [-0.1, -0.05) is 13.8 Å². The van der Waals surface area contributed by atoms with Gasteiger partial charge in [0.15, 0.2) is 0 Å². The van der Waals surface area contributed by atoms with Gasteiger partial charge in [0.1, 0.15) is 0 Å². The molecule has 0 aliphatic heterocycles. The molecule has 0 spiro atoms. The van der Waals surface area contributed by atoms with E-state index in [0.717, 1.165) is 12.2 Å². The summed E-state index contributed by atoms with van der Waals surface area (Å²) in [5.41, 5.74) is 2.40. The van der Waals surface area contributed by atoms with Gasteiger partial charge in [0, 0.05) is 18.9 Å². The van der Waals surface area contributed by atoms with Crippen molar-refractivity contribution in [2.24, 2.45) is 0 Å². The molecule has 1 heterocycles. The molecule has 0 aromatic carbocycles. The van der Waals surface area contributed by atoms with Crippen LogP contribution < -0.4 is 5.32 Å². The monoisotopic (exact) mass is 164 g/mol. The summed E-state index contributed by atoms with van der Waals surface area (Å²) in [5, 5.41) is 3.24. The van der Waals surface area contributed by atoms with Crippen LogP contribution in [-0.4, -0.2) is 11.5 Å². The van der Waals surface area contributed by atoms with Gasteiger partial charge in [-0.05, 0) is 24.5 Å². The number of hydrogen-bond donors (Lipinski definition) is 1. The van der Waals surface area contributed by atoms with Gasteiger partial charge in [-0.15, -0.1) is 0 Å². The van der Waals surface area contributed by atoms with Gasteiger partial charge in [-0.25, -0.2) is 0 Å². The molecule has 0 saturated carbocycles. The minimum atomic E-state index is 0.552. The Morgan fingerprint density at radius 3 is 2.75 bits per heavy atom. The quantitative estimate of drug-likeness (QED) is 0.742. The third kappa shape index (κ3) is 2.22. The predicted octanol–water partition coefficient (Wildman–Crippen LogP) is 2.64. The van der Waals surface area contributed by atoms with Crippen molar-refractivity contribution in [2.45, 2.75) is 26.7 Å². The largest absolute Gasteiger partial charge is 0.384 e. The second kappa shape index (κ2) is 4.10. The highest BCUT2D eigenvalue weighted by molar-refractivity contribution is 5.43. The summed E-state index contributed by atoms with van der Waals surface area (Å²) in [5.74, 6) is 0.552. The Hall–Kier alpha value is -1.05. The number of rotatable bonds is 3. The highest BCUT2D eigenvalue weighted by atomic mass is 14.9. The van der Waals surface area contributed by atoms with E-state index < -0.39 is 0 Å². The van der Waals surface area contributed by atoms with E-state index in [4.69, 9.17) is 0 Å². The van der Waals surface area contributed by atoms with Crippen molar-refractivity contribution < 1.29 is 0 Å². The molecule has 0 atom stereocenters. The first kappa shape index (κ1) is 9.04. The van der Waals surface area contributed by atoms with E-state index in [2.05, 4.69) is 37.1 Å². The first-order valence-corrected chi connectivity index (χ1v) is 4.43. The molecule has 0 radical (unpaired) electrons. The zero-order valence-electron chi connectivity index (χ0n) is 7.96. The van der Waals surface area contributed by atoms with Gasteiger partial charge < -0.3 is 5.32 Å². The lowest BCUT2D eigenvalue weighted by atomic mass is 10.1. The summed E-state index contributed by atoms with van der Waals surface area (Å²) in [7, 11) is 0. The maximum absolute atomic E-state index is 4.16. The van der Waals surface area contributed by atoms with Crippen molar-refractivity contribution in [3.63, 3.8) is 0 Å². The summed E-state index contributed by atoms with van der Waals surface area (Å²) in [6, 6.07) is 2.15. The maximum atomic E-state index is 4.16. The number of nitrogens with zero attached hydrogens (tertiary/aromatic N) is 1. The van der Waals surface area contributed by atoms with E-state index in [1.165, 1.54) is 5.56 Å². The molecule has 1 aromatic heterocycles. The maximum Gasteiger partial charge on any atom is 0.0529 e. The molecule has 0 fully saturated rings. The van der Waals surface area contributed by atoms with Gasteiger partial charge in [0.05, 0.1) is 5.69 Å². The molecule has 66 valence electrons. The minimum Gasteiger partial charge on any atom is -0.384 e. The number of aromatic nitrogens is 1. The molecule has 1 aromatic rings. The molecule has 0 amide bonds. The molecule has 12 heavy (non-hydrogen) atoms. The molecule has 0 aliphatic rings. The lowest BCUT2D eigenvalue weighted by Gasteiger charge is -2.07. The smallest absolute Gasteiger partial charge is 0.0529 e. The summed E-state index contributed by atoms with van der Waals surface area (Å²) in [6.45, 7) is 7.38. The highest BCUT2D eigenvalue weighted by Crippen LogP contribution is 2.16. The van der Waals surface area contributed by atoms with Gasteiger partial charge >= 0.3 is 0 Å². The van der Waals surface area contributed by atoms with E-state index in [1.54, 1.807) is 0 Å². The number of anilines is 1. The average molecular weight is 164 g/mol. The standard InChI is InChI=1S/C10H16N2/c1-4-12-10-5-9(8(2)3)6-11-7-10/h5-8,12H,4H2,1-3H3. The van der Waals surface area contributed by atoms with Crippen molar-refractivity contribution in [1.29, 1.82) is 0 Å². The fourth-order valence-corrected chi connectivity index (χ4v) is 1.07. The molecule has 1 rings (SSSR count). The van der Waals surface area contributed by atoms with Crippen LogP contribution in [0.4, 0.5) is 5.69 Å². The molecular weight excluding hydrogens is 148 g/mol. The van der Waals surface area contributed by atoms with Crippen LogP contribution in [0.15, 0.2) is 18.5 Å². The second-order valence-corrected chi connectivity index (χ2v) is 3.19. The van der Waals surface area contributed by atoms with Crippen molar-refractivity contribution >= 4 is 5.69 Å². The zero-order valence-corrected chi connectivity index (χ0v) is 7.96.